The maximum absolute atomic E-state index is 13.0. The van der Waals surface area contributed by atoms with Gasteiger partial charge in [-0.25, -0.2) is 9.18 Å². The van der Waals surface area contributed by atoms with Crippen molar-refractivity contribution in [1.29, 1.82) is 0 Å². The predicted octanol–water partition coefficient (Wildman–Crippen LogP) is -0.0186. The third kappa shape index (κ3) is 1.66. The molecule has 0 aliphatic carbocycles. The van der Waals surface area contributed by atoms with Crippen LogP contribution in [0.3, 0.4) is 0 Å². The van der Waals surface area contributed by atoms with Gasteiger partial charge in [0.25, 0.3) is 0 Å². The number of ether oxygens (including phenoxy) is 1. The molecule has 70 valence electrons. The lowest BCUT2D eigenvalue weighted by Gasteiger charge is -2.12. The Morgan fingerprint density at radius 2 is 2.42 bits per heavy atom. The monoisotopic (exact) mass is 176 g/mol. The lowest BCUT2D eigenvalue weighted by atomic mass is 10.1. The Labute approximate surface area is 70.5 Å². The molecule has 1 aliphatic rings. The molecule has 0 bridgehead atoms. The molecule has 1 rings (SSSR count). The van der Waals surface area contributed by atoms with Gasteiger partial charge >= 0.3 is 6.09 Å². The van der Waals surface area contributed by atoms with E-state index in [1.54, 1.807) is 0 Å². The number of methoxy groups -OCH3 is 1. The average Bonchev–Trinajstić information content (AvgIpc) is 2.45. The molecule has 0 aromatic heterocycles. The maximum atomic E-state index is 13.0. The number of alkyl halides is 1. The first-order valence-corrected chi connectivity index (χ1v) is 3.86. The van der Waals surface area contributed by atoms with Crippen molar-refractivity contribution in [3.63, 3.8) is 0 Å². The predicted molar refractivity (Wildman–Crippen MR) is 41.4 cm³/mol. The summed E-state index contributed by atoms with van der Waals surface area (Å²) in [6.45, 7) is 0.744. The first-order chi connectivity index (χ1) is 5.69. The van der Waals surface area contributed by atoms with Crippen LogP contribution in [0.4, 0.5) is 9.18 Å². The summed E-state index contributed by atoms with van der Waals surface area (Å²) in [6.07, 6.45) is -1.48. The largest absolute Gasteiger partial charge is 0.453 e. The fraction of sp³-hybridized carbons (Fsp3) is 0.857. The van der Waals surface area contributed by atoms with Gasteiger partial charge in [-0.05, 0) is 6.54 Å². The highest BCUT2D eigenvalue weighted by atomic mass is 19.1. The minimum Gasteiger partial charge on any atom is -0.453 e. The molecule has 2 unspecified atom stereocenters. The molecule has 0 aromatic rings. The molecule has 5 heteroatoms. The van der Waals surface area contributed by atoms with E-state index in [2.05, 4.69) is 4.74 Å². The first-order valence-electron chi connectivity index (χ1n) is 3.86. The summed E-state index contributed by atoms with van der Waals surface area (Å²) in [7, 11) is 1.28. The number of halogens is 1. The normalized spacial score (nSPS) is 29.1. The Morgan fingerprint density at radius 1 is 1.75 bits per heavy atom. The Balaban J connectivity index is 2.48. The summed E-state index contributed by atoms with van der Waals surface area (Å²) in [5, 5.41) is 0. The van der Waals surface area contributed by atoms with Crippen LogP contribution in [-0.2, 0) is 4.74 Å². The Kier molecular flexibility index (Phi) is 2.86. The molecule has 1 amide bonds. The van der Waals surface area contributed by atoms with Crippen molar-refractivity contribution in [3.8, 4) is 0 Å². The van der Waals surface area contributed by atoms with Crippen LogP contribution >= 0.6 is 0 Å². The van der Waals surface area contributed by atoms with Crippen molar-refractivity contribution < 1.29 is 13.9 Å². The van der Waals surface area contributed by atoms with E-state index in [9.17, 15) is 9.18 Å². The van der Waals surface area contributed by atoms with Crippen LogP contribution in [0.1, 0.15) is 0 Å². The van der Waals surface area contributed by atoms with Crippen molar-refractivity contribution in [2.45, 2.75) is 6.17 Å². The second-order valence-electron chi connectivity index (χ2n) is 2.89. The summed E-state index contributed by atoms with van der Waals surface area (Å²) in [4.78, 5) is 12.3. The number of nitrogens with two attached hydrogens (primary N) is 1. The van der Waals surface area contributed by atoms with E-state index >= 15 is 0 Å². The molecule has 0 saturated carbocycles. The van der Waals surface area contributed by atoms with E-state index in [1.165, 1.54) is 12.0 Å². The van der Waals surface area contributed by atoms with Crippen molar-refractivity contribution in [2.24, 2.45) is 11.7 Å². The topological polar surface area (TPSA) is 55.6 Å². The standard InChI is InChI=1S/C7H13FN2O2/c1-12-7(11)10-3-5(2-9)6(8)4-10/h5-6H,2-4,9H2,1H3. The second kappa shape index (κ2) is 3.71. The van der Waals surface area contributed by atoms with Gasteiger partial charge in [-0.1, -0.05) is 0 Å². The number of hydrogen-bond acceptors (Lipinski definition) is 3. The quantitative estimate of drug-likeness (QED) is 0.611. The van der Waals surface area contributed by atoms with Crippen LogP contribution in [0.2, 0.25) is 0 Å². The number of amides is 1. The molecule has 2 N–H and O–H groups in total. The molecule has 1 heterocycles. The molecule has 12 heavy (non-hydrogen) atoms. The lowest BCUT2D eigenvalue weighted by Crippen LogP contribution is -2.29. The van der Waals surface area contributed by atoms with Gasteiger partial charge in [-0.3, -0.25) is 0 Å². The zero-order chi connectivity index (χ0) is 9.14. The first kappa shape index (κ1) is 9.25. The highest BCUT2D eigenvalue weighted by Crippen LogP contribution is 2.19. The zero-order valence-corrected chi connectivity index (χ0v) is 7.00. The van der Waals surface area contributed by atoms with Gasteiger partial charge < -0.3 is 15.4 Å². The molecular formula is C7H13FN2O2. The third-order valence-electron chi connectivity index (χ3n) is 2.10. The molecule has 0 aromatic carbocycles. The summed E-state index contributed by atoms with van der Waals surface area (Å²) < 4.78 is 17.5. The Hall–Kier alpha value is -0.840. The van der Waals surface area contributed by atoms with Gasteiger partial charge in [0.05, 0.1) is 13.7 Å². The minimum absolute atomic E-state index is 0.106. The number of carbonyl (C=O) groups is 1. The van der Waals surface area contributed by atoms with Gasteiger partial charge in [-0.2, -0.15) is 0 Å². The van der Waals surface area contributed by atoms with Crippen molar-refractivity contribution in [2.75, 3.05) is 26.7 Å². The van der Waals surface area contributed by atoms with E-state index in [0.29, 0.717) is 6.54 Å². The third-order valence-corrected chi connectivity index (χ3v) is 2.10. The SMILES string of the molecule is COC(=O)N1CC(F)C(CN)C1. The highest BCUT2D eigenvalue weighted by Gasteiger charge is 2.34. The number of nitrogens with zero attached hydrogens (tertiary/aromatic N) is 1. The van der Waals surface area contributed by atoms with Crippen LogP contribution < -0.4 is 5.73 Å². The summed E-state index contributed by atoms with van der Waals surface area (Å²) in [5.74, 6) is -0.232. The molecule has 1 saturated heterocycles. The molecule has 4 nitrogen and oxygen atoms in total. The van der Waals surface area contributed by atoms with Gasteiger partial charge in [-0.15, -0.1) is 0 Å². The average molecular weight is 176 g/mol. The molecule has 2 atom stereocenters. The Morgan fingerprint density at radius 3 is 2.83 bits per heavy atom. The van der Waals surface area contributed by atoms with Gasteiger partial charge in [0.15, 0.2) is 0 Å². The number of likely N-dealkylation sites (tertiary alicyclic amines) is 1. The van der Waals surface area contributed by atoms with Crippen molar-refractivity contribution >= 4 is 6.09 Å². The van der Waals surface area contributed by atoms with Crippen LogP contribution in [0.25, 0.3) is 0 Å². The summed E-state index contributed by atoms with van der Waals surface area (Å²) in [5.41, 5.74) is 5.31. The molecule has 1 aliphatic heterocycles. The van der Waals surface area contributed by atoms with Crippen molar-refractivity contribution in [1.82, 2.24) is 4.90 Å². The van der Waals surface area contributed by atoms with Crippen LogP contribution in [0, 0.1) is 5.92 Å². The summed E-state index contributed by atoms with van der Waals surface area (Å²) >= 11 is 0. The maximum Gasteiger partial charge on any atom is 0.409 e. The number of carbonyl (C=O) groups excluding carboxylic acids is 1. The van der Waals surface area contributed by atoms with E-state index in [-0.39, 0.29) is 19.0 Å². The molecular weight excluding hydrogens is 163 g/mol. The number of rotatable bonds is 1. The lowest BCUT2D eigenvalue weighted by molar-refractivity contribution is 0.130. The number of hydrogen-bond donors (Lipinski definition) is 1. The smallest absolute Gasteiger partial charge is 0.409 e. The minimum atomic E-state index is -1.01. The zero-order valence-electron chi connectivity index (χ0n) is 7.00. The van der Waals surface area contributed by atoms with Crippen LogP contribution in [0.15, 0.2) is 0 Å². The van der Waals surface area contributed by atoms with Gasteiger partial charge in [0.1, 0.15) is 6.17 Å². The second-order valence-corrected chi connectivity index (χ2v) is 2.89. The van der Waals surface area contributed by atoms with Crippen LogP contribution in [0.5, 0.6) is 0 Å². The van der Waals surface area contributed by atoms with E-state index in [1.807, 2.05) is 0 Å². The van der Waals surface area contributed by atoms with Gasteiger partial charge in [0, 0.05) is 12.5 Å². The molecule has 0 radical (unpaired) electrons. The van der Waals surface area contributed by atoms with Gasteiger partial charge in [0.2, 0.25) is 0 Å². The Bertz CT molecular complexity index is 177. The van der Waals surface area contributed by atoms with Crippen LogP contribution in [-0.4, -0.2) is 43.9 Å². The van der Waals surface area contributed by atoms with E-state index in [4.69, 9.17) is 5.73 Å². The highest BCUT2D eigenvalue weighted by molar-refractivity contribution is 5.67. The van der Waals surface area contributed by atoms with E-state index < -0.39 is 12.3 Å². The fourth-order valence-electron chi connectivity index (χ4n) is 1.33. The molecule has 1 fully saturated rings. The van der Waals surface area contributed by atoms with Crippen molar-refractivity contribution in [3.05, 3.63) is 0 Å². The fourth-order valence-corrected chi connectivity index (χ4v) is 1.33. The van der Waals surface area contributed by atoms with E-state index in [0.717, 1.165) is 0 Å². The molecule has 0 spiro atoms. The summed E-state index contributed by atoms with van der Waals surface area (Å²) in [6, 6.07) is 0.